The zero-order chi connectivity index (χ0) is 19.0. The Morgan fingerprint density at radius 3 is 1.27 bits per heavy atom. The van der Waals surface area contributed by atoms with Crippen molar-refractivity contribution < 1.29 is 17.3 Å². The Morgan fingerprint density at radius 1 is 0.615 bits per heavy atom. The van der Waals surface area contributed by atoms with Gasteiger partial charge in [-0.2, -0.15) is 0 Å². The average molecular weight is 378 g/mol. The maximum Gasteiger partial charge on any atom is 0.673 e. The summed E-state index contributed by atoms with van der Waals surface area (Å²) in [6.45, 7) is 0. The van der Waals surface area contributed by atoms with Crippen LogP contribution < -0.4 is 0 Å². The first-order valence-electron chi connectivity index (χ1n) is 8.17. The molecule has 1 atom stereocenters. The van der Waals surface area contributed by atoms with Gasteiger partial charge < -0.3 is 17.3 Å². The van der Waals surface area contributed by atoms with Crippen LogP contribution in [0.25, 0.3) is 0 Å². The summed E-state index contributed by atoms with van der Waals surface area (Å²) in [6, 6.07) is 32.4. The van der Waals surface area contributed by atoms with Crippen LogP contribution in [0.1, 0.15) is 16.7 Å². The smallest absolute Gasteiger partial charge is 0.418 e. The number of hydrogen-bond acceptors (Lipinski definition) is 0. The Kier molecular flexibility index (Phi) is 6.99. The molecule has 0 spiro atoms. The van der Waals surface area contributed by atoms with Crippen LogP contribution in [0.5, 0.6) is 0 Å². The normalized spacial score (nSPS) is 11.5. The van der Waals surface area contributed by atoms with E-state index in [2.05, 4.69) is 100 Å². The second-order valence-corrected chi connectivity index (χ2v) is 7.18. The highest BCUT2D eigenvalue weighted by atomic mass is 31.0. The second kappa shape index (κ2) is 9.00. The molecule has 3 rings (SSSR count). The lowest BCUT2D eigenvalue weighted by atomic mass is 9.85. The maximum absolute atomic E-state index is 9.75. The van der Waals surface area contributed by atoms with Gasteiger partial charge in [-0.25, -0.2) is 0 Å². The molecule has 3 aromatic carbocycles. The van der Waals surface area contributed by atoms with E-state index in [4.69, 9.17) is 0 Å². The molecule has 0 amide bonds. The van der Waals surface area contributed by atoms with Crippen LogP contribution in [0.3, 0.4) is 0 Å². The van der Waals surface area contributed by atoms with Crippen LogP contribution in [0, 0.1) is 0 Å². The minimum atomic E-state index is -6.00. The maximum atomic E-state index is 9.75. The van der Waals surface area contributed by atoms with Crippen molar-refractivity contribution in [2.45, 2.75) is 11.6 Å². The van der Waals surface area contributed by atoms with Gasteiger partial charge in [0.05, 0.1) is 0 Å². The molecule has 0 aromatic heterocycles. The molecule has 0 saturated heterocycles. The van der Waals surface area contributed by atoms with E-state index in [0.717, 1.165) is 6.42 Å². The summed E-state index contributed by atoms with van der Waals surface area (Å²) < 4.78 is 39.0. The lowest BCUT2D eigenvalue weighted by Crippen LogP contribution is -2.22. The van der Waals surface area contributed by atoms with Gasteiger partial charge >= 0.3 is 7.25 Å². The predicted molar refractivity (Wildman–Crippen MR) is 105 cm³/mol. The van der Waals surface area contributed by atoms with Crippen LogP contribution in [0.2, 0.25) is 0 Å². The first-order valence-corrected chi connectivity index (χ1v) is 8.87. The van der Waals surface area contributed by atoms with Crippen molar-refractivity contribution >= 4 is 16.5 Å². The topological polar surface area (TPSA) is 0 Å². The fraction of sp³-hybridized carbons (Fsp3) is 0.100. The molecule has 0 N–H and O–H groups in total. The van der Waals surface area contributed by atoms with Gasteiger partial charge in [0.25, 0.3) is 0 Å². The van der Waals surface area contributed by atoms with E-state index in [1.165, 1.54) is 16.7 Å². The van der Waals surface area contributed by atoms with Crippen molar-refractivity contribution in [3.63, 3.8) is 0 Å². The Balaban J connectivity index is 0.000000431. The molecule has 3 aromatic rings. The summed E-state index contributed by atoms with van der Waals surface area (Å²) in [7, 11) is -3.91. The summed E-state index contributed by atoms with van der Waals surface area (Å²) in [6.07, 6.45) is 1.01. The largest absolute Gasteiger partial charge is 0.673 e. The first kappa shape index (κ1) is 20.2. The van der Waals surface area contributed by atoms with E-state index in [-0.39, 0.29) is 5.16 Å². The van der Waals surface area contributed by atoms with Crippen molar-refractivity contribution in [1.29, 1.82) is 0 Å². The van der Waals surface area contributed by atoms with Gasteiger partial charge in [-0.05, 0) is 25.9 Å². The zero-order valence-electron chi connectivity index (χ0n) is 14.2. The van der Waals surface area contributed by atoms with Crippen molar-refractivity contribution in [1.82, 2.24) is 0 Å². The molecule has 0 bridgehead atoms. The molecule has 0 aliphatic rings. The summed E-state index contributed by atoms with van der Waals surface area (Å²) in [4.78, 5) is 0. The number of halogens is 4. The highest BCUT2D eigenvalue weighted by molar-refractivity contribution is 7.19. The molecular weight excluding hydrogens is 358 g/mol. The molecule has 0 saturated carbocycles. The van der Waals surface area contributed by atoms with Crippen molar-refractivity contribution in [2.24, 2.45) is 0 Å². The van der Waals surface area contributed by atoms with Crippen molar-refractivity contribution in [3.05, 3.63) is 108 Å². The molecule has 0 nitrogen and oxygen atoms in total. The second-order valence-electron chi connectivity index (χ2n) is 5.97. The van der Waals surface area contributed by atoms with Crippen molar-refractivity contribution in [2.75, 3.05) is 0 Å². The number of rotatable bonds is 4. The van der Waals surface area contributed by atoms with E-state index < -0.39 is 7.25 Å². The Morgan fingerprint density at radius 2 is 0.923 bits per heavy atom. The van der Waals surface area contributed by atoms with E-state index in [9.17, 15) is 17.3 Å². The lowest BCUT2D eigenvalue weighted by Gasteiger charge is -2.26. The fourth-order valence-electron chi connectivity index (χ4n) is 2.83. The van der Waals surface area contributed by atoms with Gasteiger partial charge in [-0.1, -0.05) is 91.0 Å². The highest BCUT2D eigenvalue weighted by Crippen LogP contribution is 2.41. The van der Waals surface area contributed by atoms with E-state index in [1.807, 2.05) is 0 Å². The summed E-state index contributed by atoms with van der Waals surface area (Å²) in [5.74, 6) is 0. The third-order valence-electron chi connectivity index (χ3n) is 4.00. The van der Waals surface area contributed by atoms with Crippen molar-refractivity contribution in [3.8, 4) is 0 Å². The molecule has 1 unspecified atom stereocenters. The molecule has 0 radical (unpaired) electrons. The highest BCUT2D eigenvalue weighted by Gasteiger charge is 2.34. The van der Waals surface area contributed by atoms with Gasteiger partial charge in [0.1, 0.15) is 5.16 Å². The summed E-state index contributed by atoms with van der Waals surface area (Å²) in [5, 5.41) is 0.0177. The molecule has 6 heteroatoms. The molecular formula is C20H20BF4P. The SMILES string of the molecule is F[B-](F)(F)F.[PH3+]C(Cc1ccccc1)(c1ccccc1)c1ccccc1. The Hall–Kier alpha value is -2.13. The van der Waals surface area contributed by atoms with Crippen LogP contribution in [-0.2, 0) is 11.6 Å². The molecule has 26 heavy (non-hydrogen) atoms. The molecule has 0 fully saturated rings. The van der Waals surface area contributed by atoms with Crippen LogP contribution >= 0.6 is 9.24 Å². The molecule has 0 heterocycles. The summed E-state index contributed by atoms with van der Waals surface area (Å²) >= 11 is 0. The first-order chi connectivity index (χ1) is 12.3. The van der Waals surface area contributed by atoms with Gasteiger partial charge in [0, 0.05) is 6.42 Å². The fourth-order valence-corrected chi connectivity index (χ4v) is 3.59. The minimum Gasteiger partial charge on any atom is -0.418 e. The minimum absolute atomic E-state index is 0.0177. The third-order valence-corrected chi connectivity index (χ3v) is 5.07. The monoisotopic (exact) mass is 378 g/mol. The quantitative estimate of drug-likeness (QED) is 0.293. The van der Waals surface area contributed by atoms with Crippen LogP contribution in [-0.4, -0.2) is 7.25 Å². The molecule has 136 valence electrons. The lowest BCUT2D eigenvalue weighted by molar-refractivity contribution is 0.368. The van der Waals surface area contributed by atoms with Gasteiger partial charge in [-0.3, -0.25) is 0 Å². The summed E-state index contributed by atoms with van der Waals surface area (Å²) in [5.41, 5.74) is 4.12. The average Bonchev–Trinajstić information content (AvgIpc) is 2.63. The number of benzene rings is 3. The predicted octanol–water partition coefficient (Wildman–Crippen LogP) is 6.08. The van der Waals surface area contributed by atoms with Gasteiger partial charge in [0.15, 0.2) is 0 Å². The molecule has 0 aliphatic heterocycles. The van der Waals surface area contributed by atoms with Gasteiger partial charge in [0.2, 0.25) is 0 Å². The standard InChI is InChI=1S/C20H19P.BF4/c21-20(18-12-6-2-7-13-18,19-14-8-3-9-15-19)16-17-10-4-1-5-11-17;2-1(3,4)5/h1-15H,16,21H2;/q;-1/p+1. The van der Waals surface area contributed by atoms with Crippen LogP contribution in [0.15, 0.2) is 91.0 Å². The Labute approximate surface area is 153 Å². The van der Waals surface area contributed by atoms with E-state index in [1.54, 1.807) is 0 Å². The zero-order valence-corrected chi connectivity index (χ0v) is 15.6. The van der Waals surface area contributed by atoms with E-state index in [0.29, 0.717) is 0 Å². The third kappa shape index (κ3) is 6.31. The van der Waals surface area contributed by atoms with E-state index >= 15 is 0 Å². The molecule has 0 aliphatic carbocycles. The number of hydrogen-bond donors (Lipinski definition) is 0. The van der Waals surface area contributed by atoms with Crippen LogP contribution in [0.4, 0.5) is 17.3 Å². The van der Waals surface area contributed by atoms with Gasteiger partial charge in [-0.15, -0.1) is 0 Å². The Bertz CT molecular complexity index is 732.